The van der Waals surface area contributed by atoms with E-state index < -0.39 is 27.6 Å². The number of hydrogen-bond donors (Lipinski definition) is 1. The first-order chi connectivity index (χ1) is 14.5. The molecule has 3 aromatic rings. The number of amides is 1. The Balaban J connectivity index is 1.80. The molecule has 0 aliphatic heterocycles. The molecule has 0 aliphatic carbocycles. The second-order valence-electron chi connectivity index (χ2n) is 6.67. The fraction of sp³-hybridized carbons (Fsp3) is 0.0952. The Hall–Kier alpha value is -2.68. The number of halogens is 4. The lowest BCUT2D eigenvalue weighted by atomic mass is 10.1. The van der Waals surface area contributed by atoms with Crippen LogP contribution in [-0.2, 0) is 16.6 Å². The van der Waals surface area contributed by atoms with Crippen LogP contribution in [-0.4, -0.2) is 20.6 Å². The van der Waals surface area contributed by atoms with E-state index in [2.05, 4.69) is 5.32 Å². The normalized spacial score (nSPS) is 11.3. The van der Waals surface area contributed by atoms with Crippen LogP contribution in [0.5, 0.6) is 0 Å². The number of sulfonamides is 1. The minimum Gasteiger partial charge on any atom is -0.319 e. The van der Waals surface area contributed by atoms with Gasteiger partial charge in [-0.15, -0.1) is 0 Å². The van der Waals surface area contributed by atoms with Gasteiger partial charge < -0.3 is 5.32 Å². The topological polar surface area (TPSA) is 66.5 Å². The Kier molecular flexibility index (Phi) is 6.83. The lowest BCUT2D eigenvalue weighted by molar-refractivity contribution is 0.102. The summed E-state index contributed by atoms with van der Waals surface area (Å²) in [6.07, 6.45) is 1.06. The van der Waals surface area contributed by atoms with Gasteiger partial charge in [0.05, 0.1) is 24.2 Å². The zero-order valence-corrected chi connectivity index (χ0v) is 18.4. The molecule has 0 unspecified atom stereocenters. The fourth-order valence-corrected chi connectivity index (χ4v) is 4.18. The van der Waals surface area contributed by atoms with Gasteiger partial charge in [-0.25, -0.2) is 17.2 Å². The van der Waals surface area contributed by atoms with Crippen LogP contribution in [0.4, 0.5) is 20.2 Å². The smallest absolute Gasteiger partial charge is 0.255 e. The highest BCUT2D eigenvalue weighted by molar-refractivity contribution is 7.92. The highest BCUT2D eigenvalue weighted by Gasteiger charge is 2.19. The molecule has 0 aromatic heterocycles. The van der Waals surface area contributed by atoms with Gasteiger partial charge >= 0.3 is 0 Å². The molecule has 5 nitrogen and oxygen atoms in total. The molecular weight excluding hydrogens is 469 g/mol. The molecule has 0 spiro atoms. The molecule has 0 saturated carbocycles. The predicted octanol–water partition coefficient (Wildman–Crippen LogP) is 5.49. The van der Waals surface area contributed by atoms with Crippen molar-refractivity contribution in [3.8, 4) is 0 Å². The second-order valence-corrected chi connectivity index (χ2v) is 9.45. The van der Waals surface area contributed by atoms with E-state index in [0.717, 1.165) is 22.7 Å². The van der Waals surface area contributed by atoms with Gasteiger partial charge in [0, 0.05) is 21.7 Å². The quantitative estimate of drug-likeness (QED) is 0.502. The van der Waals surface area contributed by atoms with E-state index in [0.29, 0.717) is 17.3 Å². The summed E-state index contributed by atoms with van der Waals surface area (Å²) in [6, 6.07) is 13.3. The molecule has 0 atom stereocenters. The van der Waals surface area contributed by atoms with Gasteiger partial charge in [0.1, 0.15) is 11.6 Å². The predicted molar refractivity (Wildman–Crippen MR) is 118 cm³/mol. The molecule has 0 aliphatic rings. The van der Waals surface area contributed by atoms with E-state index in [9.17, 15) is 22.0 Å². The molecule has 0 bridgehead atoms. The minimum absolute atomic E-state index is 0.0238. The van der Waals surface area contributed by atoms with Crippen molar-refractivity contribution < 1.29 is 22.0 Å². The van der Waals surface area contributed by atoms with Crippen LogP contribution < -0.4 is 9.62 Å². The van der Waals surface area contributed by atoms with Crippen LogP contribution in [0.3, 0.4) is 0 Å². The summed E-state index contributed by atoms with van der Waals surface area (Å²) >= 11 is 12.0. The second kappa shape index (κ2) is 9.21. The number of benzene rings is 3. The number of nitrogens with one attached hydrogen (secondary N) is 1. The van der Waals surface area contributed by atoms with Crippen LogP contribution in [0.15, 0.2) is 60.7 Å². The Morgan fingerprint density at radius 3 is 2.13 bits per heavy atom. The van der Waals surface area contributed by atoms with E-state index in [1.807, 2.05) is 0 Å². The van der Waals surface area contributed by atoms with E-state index in [-0.39, 0.29) is 27.8 Å². The Labute approximate surface area is 188 Å². The van der Waals surface area contributed by atoms with Crippen molar-refractivity contribution in [2.45, 2.75) is 6.54 Å². The van der Waals surface area contributed by atoms with Crippen molar-refractivity contribution in [1.82, 2.24) is 0 Å². The van der Waals surface area contributed by atoms with Crippen LogP contribution in [0.1, 0.15) is 15.9 Å². The molecule has 10 heteroatoms. The standard InChI is InChI=1S/C21H16Cl2F2N2O3S/c1-31(29,30)27(18-9-15(22)8-16(23)10-18)12-13-2-4-14(5-3-13)21(28)26-20-7-6-17(24)11-19(20)25/h2-11H,12H2,1H3,(H,26,28). The van der Waals surface area contributed by atoms with Crippen molar-refractivity contribution in [1.29, 1.82) is 0 Å². The number of anilines is 2. The van der Waals surface area contributed by atoms with Crippen molar-refractivity contribution >= 4 is 50.5 Å². The average Bonchev–Trinajstić information content (AvgIpc) is 2.67. The molecule has 0 saturated heterocycles. The summed E-state index contributed by atoms with van der Waals surface area (Å²) < 4.78 is 52.5. The maximum Gasteiger partial charge on any atom is 0.255 e. The lowest BCUT2D eigenvalue weighted by Crippen LogP contribution is -2.29. The molecule has 0 radical (unpaired) electrons. The largest absolute Gasteiger partial charge is 0.319 e. The highest BCUT2D eigenvalue weighted by Crippen LogP contribution is 2.28. The molecule has 1 N–H and O–H groups in total. The summed E-state index contributed by atoms with van der Waals surface area (Å²) in [5, 5.41) is 2.94. The third-order valence-electron chi connectivity index (χ3n) is 4.26. The molecule has 162 valence electrons. The van der Waals surface area contributed by atoms with Crippen LogP contribution in [0.2, 0.25) is 10.0 Å². The lowest BCUT2D eigenvalue weighted by Gasteiger charge is -2.23. The number of hydrogen-bond acceptors (Lipinski definition) is 3. The van der Waals surface area contributed by atoms with Gasteiger partial charge in [0.2, 0.25) is 10.0 Å². The monoisotopic (exact) mass is 484 g/mol. The molecule has 0 fully saturated rings. The Bertz CT molecular complexity index is 1220. The summed E-state index contributed by atoms with van der Waals surface area (Å²) in [4.78, 5) is 12.3. The maximum absolute atomic E-state index is 13.7. The molecule has 0 heterocycles. The first kappa shape index (κ1) is 23.0. The summed E-state index contributed by atoms with van der Waals surface area (Å²) in [5.41, 5.74) is 0.945. The Morgan fingerprint density at radius 1 is 0.968 bits per heavy atom. The van der Waals surface area contributed by atoms with Crippen molar-refractivity contribution in [3.63, 3.8) is 0 Å². The zero-order chi connectivity index (χ0) is 22.8. The average molecular weight is 485 g/mol. The van der Waals surface area contributed by atoms with Crippen LogP contribution >= 0.6 is 23.2 Å². The molecule has 31 heavy (non-hydrogen) atoms. The van der Waals surface area contributed by atoms with Gasteiger partial charge in [-0.1, -0.05) is 35.3 Å². The maximum atomic E-state index is 13.7. The number of rotatable bonds is 6. The van der Waals surface area contributed by atoms with E-state index in [1.54, 1.807) is 12.1 Å². The van der Waals surface area contributed by atoms with Crippen LogP contribution in [0.25, 0.3) is 0 Å². The minimum atomic E-state index is -3.66. The first-order valence-electron chi connectivity index (χ1n) is 8.82. The Morgan fingerprint density at radius 2 is 1.58 bits per heavy atom. The SMILES string of the molecule is CS(=O)(=O)N(Cc1ccc(C(=O)Nc2ccc(F)cc2F)cc1)c1cc(Cl)cc(Cl)c1. The first-order valence-corrected chi connectivity index (χ1v) is 11.4. The third kappa shape index (κ3) is 5.94. The fourth-order valence-electron chi connectivity index (χ4n) is 2.80. The molecule has 3 aromatic carbocycles. The van der Waals surface area contributed by atoms with E-state index >= 15 is 0 Å². The summed E-state index contributed by atoms with van der Waals surface area (Å²) in [6.45, 7) is -0.0238. The van der Waals surface area contributed by atoms with Crippen molar-refractivity contribution in [2.24, 2.45) is 0 Å². The van der Waals surface area contributed by atoms with Gasteiger partial charge in [-0.05, 0) is 48.0 Å². The van der Waals surface area contributed by atoms with E-state index in [1.165, 1.54) is 30.3 Å². The van der Waals surface area contributed by atoms with Crippen molar-refractivity contribution in [3.05, 3.63) is 93.5 Å². The highest BCUT2D eigenvalue weighted by atomic mass is 35.5. The molecular formula is C21H16Cl2F2N2O3S. The zero-order valence-electron chi connectivity index (χ0n) is 16.1. The van der Waals surface area contributed by atoms with Gasteiger partial charge in [-0.2, -0.15) is 0 Å². The van der Waals surface area contributed by atoms with Gasteiger partial charge in [0.15, 0.2) is 0 Å². The molecule has 3 rings (SSSR count). The van der Waals surface area contributed by atoms with Gasteiger partial charge in [-0.3, -0.25) is 9.10 Å². The summed E-state index contributed by atoms with van der Waals surface area (Å²) in [7, 11) is -3.66. The van der Waals surface area contributed by atoms with Crippen LogP contribution in [0, 0.1) is 11.6 Å². The van der Waals surface area contributed by atoms with Crippen molar-refractivity contribution in [2.75, 3.05) is 15.9 Å². The third-order valence-corrected chi connectivity index (χ3v) is 5.83. The number of nitrogens with zero attached hydrogens (tertiary/aromatic N) is 1. The van der Waals surface area contributed by atoms with E-state index in [4.69, 9.17) is 23.2 Å². The summed E-state index contributed by atoms with van der Waals surface area (Å²) in [5.74, 6) is -2.25. The molecule has 1 amide bonds. The van der Waals surface area contributed by atoms with Gasteiger partial charge in [0.25, 0.3) is 5.91 Å². The number of carbonyl (C=O) groups is 1. The number of carbonyl (C=O) groups excluding carboxylic acids is 1.